The Kier molecular flexibility index (Phi) is 11.6. The van der Waals surface area contributed by atoms with E-state index < -0.39 is 0 Å². The molecule has 0 fully saturated rings. The fourth-order valence-electron chi connectivity index (χ4n) is 2.15. The molecule has 0 radical (unpaired) electrons. The molecule has 0 amide bonds. The van der Waals surface area contributed by atoms with Crippen LogP contribution in [0.5, 0.6) is 0 Å². The first kappa shape index (κ1) is 22.8. The molecule has 132 valence electrons. The number of aliphatic hydroxyl groups is 1. The molecule has 24 heavy (non-hydrogen) atoms. The summed E-state index contributed by atoms with van der Waals surface area (Å²) in [7, 11) is -0.247. The summed E-state index contributed by atoms with van der Waals surface area (Å²) in [6, 6.07) is 20.3. The van der Waals surface area contributed by atoms with Crippen LogP contribution in [0.1, 0.15) is 19.4 Å². The van der Waals surface area contributed by atoms with E-state index in [1.54, 1.807) is 0 Å². The minimum atomic E-state index is -0.247. The molecule has 2 nitrogen and oxygen atoms in total. The van der Waals surface area contributed by atoms with Crippen molar-refractivity contribution >= 4 is 13.7 Å². The van der Waals surface area contributed by atoms with Gasteiger partial charge in [0.25, 0.3) is 0 Å². The van der Waals surface area contributed by atoms with Crippen molar-refractivity contribution in [2.45, 2.75) is 20.0 Å². The fraction of sp³-hybridized carbons (Fsp3) is 0.250. The van der Waals surface area contributed by atoms with Crippen LogP contribution in [0.4, 0.5) is 0 Å². The summed E-state index contributed by atoms with van der Waals surface area (Å²) in [6.45, 7) is 7.54. The molecular weight excluding hydrogens is 498 g/mol. The molecule has 0 bridgehead atoms. The number of ketones is 1. The van der Waals surface area contributed by atoms with Gasteiger partial charge in [0.1, 0.15) is 0 Å². The number of carbonyl (C=O) groups is 1. The Morgan fingerprint density at radius 2 is 1.75 bits per heavy atom. The van der Waals surface area contributed by atoms with Crippen LogP contribution in [0.25, 0.3) is 11.1 Å². The maximum Gasteiger partial charge on any atom is 0.155 e. The first-order valence-electron chi connectivity index (χ1n) is 7.62. The number of hydrogen-bond acceptors (Lipinski definition) is 2. The third kappa shape index (κ3) is 9.16. The average Bonchev–Trinajstić information content (AvgIpc) is 2.47. The largest absolute Gasteiger partial charge is 0.512 e. The summed E-state index contributed by atoms with van der Waals surface area (Å²) in [5, 5.41) is 8.36. The van der Waals surface area contributed by atoms with Crippen molar-refractivity contribution in [1.82, 2.24) is 0 Å². The maximum absolute atomic E-state index is 10.0. The molecule has 4 heteroatoms. The molecule has 2 rings (SSSR count). The SMILES string of the molecule is CC(=O)/C=C(/C)O.C[PH+](C)Cc1[c-]cccc1-c1ccccc1.[Pt]. The summed E-state index contributed by atoms with van der Waals surface area (Å²) in [4.78, 5) is 10.0. The van der Waals surface area contributed by atoms with Crippen LogP contribution in [0.2, 0.25) is 0 Å². The Balaban J connectivity index is 0.000000570. The van der Waals surface area contributed by atoms with Crippen molar-refractivity contribution < 1.29 is 31.0 Å². The third-order valence-electron chi connectivity index (χ3n) is 2.97. The van der Waals surface area contributed by atoms with Crippen molar-refractivity contribution in [1.29, 1.82) is 0 Å². The van der Waals surface area contributed by atoms with E-state index in [0.29, 0.717) is 0 Å². The summed E-state index contributed by atoms with van der Waals surface area (Å²) in [5.74, 6) is -0.0625. The second-order valence-electron chi connectivity index (χ2n) is 5.71. The van der Waals surface area contributed by atoms with E-state index in [4.69, 9.17) is 5.11 Å². The van der Waals surface area contributed by atoms with Gasteiger partial charge in [0.15, 0.2) is 5.78 Å². The van der Waals surface area contributed by atoms with Crippen molar-refractivity contribution in [3.63, 3.8) is 0 Å². The van der Waals surface area contributed by atoms with Gasteiger partial charge in [-0.15, -0.1) is 11.1 Å². The Bertz CT molecular complexity index is 648. The van der Waals surface area contributed by atoms with Gasteiger partial charge < -0.3 is 5.11 Å². The number of aliphatic hydroxyl groups excluding tert-OH is 1. The van der Waals surface area contributed by atoms with Gasteiger partial charge in [0, 0.05) is 40.5 Å². The van der Waals surface area contributed by atoms with Crippen LogP contribution in [0.3, 0.4) is 0 Å². The minimum absolute atomic E-state index is 0. The monoisotopic (exact) mass is 523 g/mol. The van der Waals surface area contributed by atoms with Crippen molar-refractivity contribution in [2.75, 3.05) is 13.3 Å². The zero-order chi connectivity index (χ0) is 17.2. The molecule has 0 unspecified atom stereocenters. The topological polar surface area (TPSA) is 37.3 Å². The molecule has 2 aromatic rings. The van der Waals surface area contributed by atoms with Gasteiger partial charge in [-0.2, -0.15) is 24.3 Å². The number of carbonyl (C=O) groups excluding carboxylic acids is 1. The summed E-state index contributed by atoms with van der Waals surface area (Å²) in [6.07, 6.45) is 2.36. The smallest absolute Gasteiger partial charge is 0.155 e. The van der Waals surface area contributed by atoms with Crippen LogP contribution in [-0.4, -0.2) is 24.2 Å². The van der Waals surface area contributed by atoms with Gasteiger partial charge in [0.2, 0.25) is 0 Å². The van der Waals surface area contributed by atoms with Crippen molar-refractivity contribution in [2.24, 2.45) is 0 Å². The van der Waals surface area contributed by atoms with E-state index in [0.717, 1.165) is 0 Å². The number of hydrogen-bond donors (Lipinski definition) is 1. The molecule has 0 heterocycles. The normalized spacial score (nSPS) is 10.5. The van der Waals surface area contributed by atoms with Gasteiger partial charge in [-0.3, -0.25) is 4.79 Å². The average molecular weight is 523 g/mol. The first-order valence-corrected chi connectivity index (χ1v) is 10.3. The third-order valence-corrected chi connectivity index (χ3v) is 4.03. The molecule has 0 aliphatic carbocycles. The van der Waals surface area contributed by atoms with Crippen molar-refractivity contribution in [3.8, 4) is 11.1 Å². The maximum atomic E-state index is 10.0. The predicted molar refractivity (Wildman–Crippen MR) is 102 cm³/mol. The molecule has 0 atom stereocenters. The summed E-state index contributed by atoms with van der Waals surface area (Å²) < 4.78 is 0. The Morgan fingerprint density at radius 3 is 2.21 bits per heavy atom. The van der Waals surface area contributed by atoms with E-state index >= 15 is 0 Å². The van der Waals surface area contributed by atoms with E-state index in [1.807, 2.05) is 6.07 Å². The second-order valence-corrected chi connectivity index (χ2v) is 8.48. The molecule has 0 saturated carbocycles. The number of rotatable bonds is 4. The number of benzene rings is 2. The van der Waals surface area contributed by atoms with Gasteiger partial charge in [-0.1, -0.05) is 35.9 Å². The van der Waals surface area contributed by atoms with Crippen LogP contribution in [-0.2, 0) is 32.0 Å². The Labute approximate surface area is 161 Å². The van der Waals surface area contributed by atoms with E-state index in [1.165, 1.54) is 42.8 Å². The van der Waals surface area contributed by atoms with Crippen LogP contribution >= 0.6 is 7.92 Å². The minimum Gasteiger partial charge on any atom is -0.512 e. The summed E-state index contributed by atoms with van der Waals surface area (Å²) in [5.41, 5.74) is 4.01. The zero-order valence-electron chi connectivity index (χ0n) is 14.6. The molecule has 0 saturated heterocycles. The quantitative estimate of drug-likeness (QED) is 0.260. The molecule has 2 aromatic carbocycles. The second kappa shape index (κ2) is 12.2. The van der Waals surface area contributed by atoms with Crippen LogP contribution in [0.15, 0.2) is 60.4 Å². The van der Waals surface area contributed by atoms with Crippen molar-refractivity contribution in [3.05, 3.63) is 72.0 Å². The molecule has 0 aliphatic rings. The summed E-state index contributed by atoms with van der Waals surface area (Å²) >= 11 is 0. The first-order chi connectivity index (χ1) is 10.9. The zero-order valence-corrected chi connectivity index (χ0v) is 17.8. The van der Waals surface area contributed by atoms with Crippen LogP contribution in [0, 0.1) is 6.07 Å². The molecule has 0 spiro atoms. The molecular formula is C20H25O2PPt. The molecule has 0 aliphatic heterocycles. The molecule has 0 aromatic heterocycles. The van der Waals surface area contributed by atoms with Gasteiger partial charge in [0.05, 0.1) is 11.9 Å². The Morgan fingerprint density at radius 1 is 1.12 bits per heavy atom. The van der Waals surface area contributed by atoms with Gasteiger partial charge in [-0.25, -0.2) is 0 Å². The Hall–Kier alpha value is -1.23. The molecule has 1 N–H and O–H groups in total. The van der Waals surface area contributed by atoms with E-state index in [2.05, 4.69) is 61.9 Å². The van der Waals surface area contributed by atoms with E-state index in [-0.39, 0.29) is 40.5 Å². The van der Waals surface area contributed by atoms with Gasteiger partial charge >= 0.3 is 0 Å². The standard InChI is InChI=1S/C15H16P.C5H8O2.Pt/c1-16(2)12-14-10-6-7-11-15(14)13-8-4-3-5-9-13;1-4(6)3-5(2)7;/h3-9,11H,12H2,1-2H3;3,6H,1-2H3;/q-1;;/p+1/b;4-3-;. The fourth-order valence-corrected chi connectivity index (χ4v) is 3.15. The van der Waals surface area contributed by atoms with Gasteiger partial charge in [-0.05, 0) is 21.8 Å². The number of allylic oxidation sites excluding steroid dienone is 2. The predicted octanol–water partition coefficient (Wildman–Crippen LogP) is 5.16. The van der Waals surface area contributed by atoms with Crippen LogP contribution < -0.4 is 0 Å². The van der Waals surface area contributed by atoms with E-state index in [9.17, 15) is 4.79 Å².